The molecule has 2 aromatic rings. The maximum Gasteiger partial charge on any atom is 0.339 e. The predicted octanol–water partition coefficient (Wildman–Crippen LogP) is 2.52. The summed E-state index contributed by atoms with van der Waals surface area (Å²) in [4.78, 5) is 11.0. The minimum absolute atomic E-state index is 0.0430. The molecule has 0 bridgehead atoms. The van der Waals surface area contributed by atoms with Crippen LogP contribution >= 0.6 is 0 Å². The van der Waals surface area contributed by atoms with Crippen LogP contribution in [0.4, 0.5) is 5.69 Å². The van der Waals surface area contributed by atoms with Gasteiger partial charge < -0.3 is 20.3 Å². The Morgan fingerprint density at radius 2 is 1.90 bits per heavy atom. The van der Waals surface area contributed by atoms with Crippen LogP contribution in [0.1, 0.15) is 15.9 Å². The summed E-state index contributed by atoms with van der Waals surface area (Å²) < 4.78 is 10.7. The zero-order chi connectivity index (χ0) is 14.4. The van der Waals surface area contributed by atoms with Crippen molar-refractivity contribution >= 4 is 11.7 Å². The summed E-state index contributed by atoms with van der Waals surface area (Å²) in [5.74, 6) is -0.867. The fourth-order valence-corrected chi connectivity index (χ4v) is 1.67. The number of hydrogen-bond donors (Lipinski definition) is 2. The van der Waals surface area contributed by atoms with Crippen LogP contribution in [-0.4, -0.2) is 17.9 Å². The number of carboxylic acids is 1. The highest BCUT2D eigenvalue weighted by Gasteiger charge is 2.11. The van der Waals surface area contributed by atoms with Crippen LogP contribution in [-0.2, 0) is 11.3 Å². The molecule has 0 aromatic heterocycles. The normalized spacial score (nSPS) is 10.2. The van der Waals surface area contributed by atoms with Crippen molar-refractivity contribution in [3.8, 4) is 5.75 Å². The van der Waals surface area contributed by atoms with E-state index >= 15 is 0 Å². The predicted molar refractivity (Wildman–Crippen MR) is 74.5 cm³/mol. The summed E-state index contributed by atoms with van der Waals surface area (Å²) in [5, 5.41) is 9.03. The average Bonchev–Trinajstić information content (AvgIpc) is 2.44. The molecule has 0 atom stereocenters. The van der Waals surface area contributed by atoms with Crippen LogP contribution < -0.4 is 10.5 Å². The largest absolute Gasteiger partial charge is 0.478 e. The van der Waals surface area contributed by atoms with Gasteiger partial charge in [-0.2, -0.15) is 0 Å². The van der Waals surface area contributed by atoms with Gasteiger partial charge in [0.15, 0.2) is 6.79 Å². The van der Waals surface area contributed by atoms with E-state index in [0.717, 1.165) is 5.56 Å². The van der Waals surface area contributed by atoms with Crippen molar-refractivity contribution in [3.63, 3.8) is 0 Å². The van der Waals surface area contributed by atoms with E-state index in [9.17, 15) is 4.79 Å². The number of anilines is 1. The number of ether oxygens (including phenoxy) is 2. The molecule has 0 saturated carbocycles. The van der Waals surface area contributed by atoms with Gasteiger partial charge in [-0.3, -0.25) is 0 Å². The Morgan fingerprint density at radius 3 is 2.60 bits per heavy atom. The van der Waals surface area contributed by atoms with E-state index in [1.807, 2.05) is 30.3 Å². The SMILES string of the molecule is Nc1ccc(C(=O)O)c(OCOCc2ccccc2)c1. The van der Waals surface area contributed by atoms with Gasteiger partial charge in [-0.1, -0.05) is 30.3 Å². The summed E-state index contributed by atoms with van der Waals surface area (Å²) >= 11 is 0. The topological polar surface area (TPSA) is 81.8 Å². The Hall–Kier alpha value is -2.53. The van der Waals surface area contributed by atoms with Crippen molar-refractivity contribution in [1.82, 2.24) is 0 Å². The van der Waals surface area contributed by atoms with E-state index in [1.165, 1.54) is 18.2 Å². The summed E-state index contributed by atoms with van der Waals surface area (Å²) in [6, 6.07) is 14.0. The van der Waals surface area contributed by atoms with E-state index < -0.39 is 5.97 Å². The van der Waals surface area contributed by atoms with Crippen molar-refractivity contribution in [3.05, 3.63) is 59.7 Å². The van der Waals surface area contributed by atoms with Gasteiger partial charge in [0, 0.05) is 11.8 Å². The molecule has 5 heteroatoms. The number of carbonyl (C=O) groups is 1. The number of aromatic carboxylic acids is 1. The summed E-state index contributed by atoms with van der Waals surface area (Å²) in [6.45, 7) is 0.351. The highest BCUT2D eigenvalue weighted by Crippen LogP contribution is 2.22. The number of nitrogen functional groups attached to an aromatic ring is 1. The molecule has 0 aliphatic heterocycles. The van der Waals surface area contributed by atoms with E-state index in [0.29, 0.717) is 12.3 Å². The molecule has 2 aromatic carbocycles. The second-order valence-corrected chi connectivity index (χ2v) is 4.16. The molecule has 5 nitrogen and oxygen atoms in total. The third kappa shape index (κ3) is 3.73. The first-order valence-electron chi connectivity index (χ1n) is 6.04. The zero-order valence-electron chi connectivity index (χ0n) is 10.8. The van der Waals surface area contributed by atoms with Crippen molar-refractivity contribution in [2.45, 2.75) is 6.61 Å². The summed E-state index contributed by atoms with van der Waals surface area (Å²) in [6.07, 6.45) is 0. The van der Waals surface area contributed by atoms with E-state index in [2.05, 4.69) is 0 Å². The molecular weight excluding hydrogens is 258 g/mol. The lowest BCUT2D eigenvalue weighted by Crippen LogP contribution is -2.07. The maximum atomic E-state index is 11.0. The van der Waals surface area contributed by atoms with Gasteiger partial charge in [0.2, 0.25) is 0 Å². The average molecular weight is 273 g/mol. The Kier molecular flexibility index (Phi) is 4.57. The molecular formula is C15H15NO4. The first-order valence-corrected chi connectivity index (χ1v) is 6.04. The lowest BCUT2D eigenvalue weighted by atomic mass is 10.2. The Labute approximate surface area is 116 Å². The van der Waals surface area contributed by atoms with Crippen molar-refractivity contribution in [1.29, 1.82) is 0 Å². The quantitative estimate of drug-likeness (QED) is 0.480. The Morgan fingerprint density at radius 1 is 1.15 bits per heavy atom. The van der Waals surface area contributed by atoms with Gasteiger partial charge in [-0.25, -0.2) is 4.79 Å². The van der Waals surface area contributed by atoms with Crippen LogP contribution in [0.2, 0.25) is 0 Å². The van der Waals surface area contributed by atoms with Gasteiger partial charge in [0.05, 0.1) is 6.61 Å². The van der Waals surface area contributed by atoms with Gasteiger partial charge in [-0.15, -0.1) is 0 Å². The minimum Gasteiger partial charge on any atom is -0.478 e. The molecule has 0 heterocycles. The lowest BCUT2D eigenvalue weighted by Gasteiger charge is -2.10. The second kappa shape index (κ2) is 6.58. The van der Waals surface area contributed by atoms with Crippen LogP contribution in [0.15, 0.2) is 48.5 Å². The van der Waals surface area contributed by atoms with Gasteiger partial charge in [0.1, 0.15) is 11.3 Å². The van der Waals surface area contributed by atoms with Crippen molar-refractivity contribution in [2.75, 3.05) is 12.5 Å². The third-order valence-electron chi connectivity index (χ3n) is 2.65. The lowest BCUT2D eigenvalue weighted by molar-refractivity contribution is 0.00435. The molecule has 20 heavy (non-hydrogen) atoms. The number of nitrogens with two attached hydrogens (primary N) is 1. The Balaban J connectivity index is 1.91. The molecule has 0 spiro atoms. The van der Waals surface area contributed by atoms with Crippen molar-refractivity contribution < 1.29 is 19.4 Å². The molecule has 0 radical (unpaired) electrons. The highest BCUT2D eigenvalue weighted by atomic mass is 16.7. The smallest absolute Gasteiger partial charge is 0.339 e. The standard InChI is InChI=1S/C15H15NO4/c16-12-6-7-13(15(17)18)14(8-12)20-10-19-9-11-4-2-1-3-5-11/h1-8H,9-10,16H2,(H,17,18). The fraction of sp³-hybridized carbons (Fsp3) is 0.133. The first-order chi connectivity index (χ1) is 9.66. The molecule has 0 amide bonds. The fourth-order valence-electron chi connectivity index (χ4n) is 1.67. The van der Waals surface area contributed by atoms with Gasteiger partial charge in [0.25, 0.3) is 0 Å². The summed E-state index contributed by atoms with van der Waals surface area (Å²) in [7, 11) is 0. The Bertz CT molecular complexity index is 584. The van der Waals surface area contributed by atoms with E-state index in [1.54, 1.807) is 0 Å². The van der Waals surface area contributed by atoms with E-state index in [-0.39, 0.29) is 18.1 Å². The van der Waals surface area contributed by atoms with E-state index in [4.69, 9.17) is 20.3 Å². The molecule has 0 fully saturated rings. The van der Waals surface area contributed by atoms with Crippen LogP contribution in [0.3, 0.4) is 0 Å². The van der Waals surface area contributed by atoms with Crippen LogP contribution in [0.5, 0.6) is 5.75 Å². The van der Waals surface area contributed by atoms with Crippen molar-refractivity contribution in [2.24, 2.45) is 0 Å². The third-order valence-corrected chi connectivity index (χ3v) is 2.65. The number of carboxylic acid groups (broad SMARTS) is 1. The molecule has 104 valence electrons. The van der Waals surface area contributed by atoms with Gasteiger partial charge in [-0.05, 0) is 17.7 Å². The molecule has 0 unspecified atom stereocenters. The monoisotopic (exact) mass is 273 g/mol. The van der Waals surface area contributed by atoms with Gasteiger partial charge >= 0.3 is 5.97 Å². The molecule has 2 rings (SSSR count). The highest BCUT2D eigenvalue weighted by molar-refractivity contribution is 5.91. The second-order valence-electron chi connectivity index (χ2n) is 4.16. The maximum absolute atomic E-state index is 11.0. The van der Waals surface area contributed by atoms with Crippen LogP contribution in [0.25, 0.3) is 0 Å². The number of hydrogen-bond acceptors (Lipinski definition) is 4. The molecule has 3 N–H and O–H groups in total. The number of benzene rings is 2. The minimum atomic E-state index is -1.07. The molecule has 0 aliphatic carbocycles. The zero-order valence-corrected chi connectivity index (χ0v) is 10.8. The summed E-state index contributed by atoms with van der Waals surface area (Å²) in [5.41, 5.74) is 7.12. The first kappa shape index (κ1) is 13.9. The molecule has 0 saturated heterocycles. The molecule has 0 aliphatic rings. The van der Waals surface area contributed by atoms with Crippen LogP contribution in [0, 0.1) is 0 Å². The number of rotatable bonds is 6.